The maximum absolute atomic E-state index is 13.4. The number of hydrogen-bond acceptors (Lipinski definition) is 6. The number of ether oxygens (including phenoxy) is 1. The van der Waals surface area contributed by atoms with Gasteiger partial charge in [0, 0.05) is 11.2 Å². The summed E-state index contributed by atoms with van der Waals surface area (Å²) in [7, 11) is 0. The lowest BCUT2D eigenvalue weighted by molar-refractivity contribution is -0.584. The van der Waals surface area contributed by atoms with Gasteiger partial charge in [-0.15, -0.1) is 5.10 Å². The number of carboxylic acid groups (broad SMARTS) is 1. The van der Waals surface area contributed by atoms with E-state index in [0.29, 0.717) is 40.1 Å². The number of aliphatic carboxylic acids is 1. The highest BCUT2D eigenvalue weighted by molar-refractivity contribution is 5.85. The van der Waals surface area contributed by atoms with E-state index in [4.69, 9.17) is 9.15 Å². The maximum Gasteiger partial charge on any atom is 0.326 e. The van der Waals surface area contributed by atoms with Gasteiger partial charge < -0.3 is 19.6 Å². The van der Waals surface area contributed by atoms with Gasteiger partial charge in [0.25, 0.3) is 18.1 Å². The Kier molecular flexibility index (Phi) is 7.14. The van der Waals surface area contributed by atoms with Gasteiger partial charge >= 0.3 is 5.97 Å². The molecule has 2 aromatic carbocycles. The molecule has 2 aromatic heterocycles. The van der Waals surface area contributed by atoms with Gasteiger partial charge in [0.1, 0.15) is 34.9 Å². The quantitative estimate of drug-likeness (QED) is 0.306. The fourth-order valence-corrected chi connectivity index (χ4v) is 3.88. The van der Waals surface area contributed by atoms with Crippen molar-refractivity contribution in [3.05, 3.63) is 70.8 Å². The third-order valence-corrected chi connectivity index (χ3v) is 5.82. The van der Waals surface area contributed by atoms with Crippen molar-refractivity contribution in [2.45, 2.75) is 33.2 Å². The molecule has 10 nitrogen and oxygen atoms in total. The van der Waals surface area contributed by atoms with Gasteiger partial charge in [-0.05, 0) is 36.1 Å². The molecule has 0 fully saturated rings. The molecule has 0 unspecified atom stereocenters. The molecule has 4 rings (SSSR count). The van der Waals surface area contributed by atoms with Gasteiger partial charge in [0.2, 0.25) is 5.43 Å². The van der Waals surface area contributed by atoms with E-state index in [9.17, 15) is 19.5 Å². The van der Waals surface area contributed by atoms with Gasteiger partial charge in [-0.1, -0.05) is 39.0 Å². The Morgan fingerprint density at radius 2 is 1.97 bits per heavy atom. The van der Waals surface area contributed by atoms with Crippen molar-refractivity contribution in [3.63, 3.8) is 0 Å². The van der Waals surface area contributed by atoms with Crippen LogP contribution in [0.3, 0.4) is 0 Å². The number of aromatic nitrogens is 3. The highest BCUT2D eigenvalue weighted by Gasteiger charge is 2.24. The molecule has 1 atom stereocenters. The predicted octanol–water partition coefficient (Wildman–Crippen LogP) is 2.63. The number of H-pyrrole nitrogens is 1. The van der Waals surface area contributed by atoms with Crippen molar-refractivity contribution in [3.8, 4) is 22.8 Å². The molecule has 0 spiro atoms. The third kappa shape index (κ3) is 4.97. The largest absolute Gasteiger partial charge is 0.483 e. The highest BCUT2D eigenvalue weighted by Crippen LogP contribution is 2.27. The number of benzene rings is 2. The van der Waals surface area contributed by atoms with E-state index < -0.39 is 17.9 Å². The molecule has 0 saturated heterocycles. The lowest BCUT2D eigenvalue weighted by atomic mass is 10.0. The van der Waals surface area contributed by atoms with Crippen LogP contribution >= 0.6 is 0 Å². The third-order valence-electron chi connectivity index (χ3n) is 5.82. The fraction of sp³-hybridized carbons (Fsp3) is 0.269. The van der Waals surface area contributed by atoms with Gasteiger partial charge in [0.15, 0.2) is 6.61 Å². The van der Waals surface area contributed by atoms with Crippen molar-refractivity contribution < 1.29 is 28.4 Å². The van der Waals surface area contributed by atoms with E-state index in [1.807, 2.05) is 37.3 Å². The van der Waals surface area contributed by atoms with Crippen molar-refractivity contribution in [1.82, 2.24) is 15.5 Å². The number of fused-ring (bicyclic) bond motifs is 1. The lowest BCUT2D eigenvalue weighted by Crippen LogP contribution is -2.46. The number of aryl methyl sites for hydroxylation is 1. The average molecular weight is 492 g/mol. The second-order valence-corrected chi connectivity index (χ2v) is 8.61. The molecule has 0 radical (unpaired) electrons. The molecule has 4 aromatic rings. The first-order valence-corrected chi connectivity index (χ1v) is 11.5. The molecular weight excluding hydrogens is 464 g/mol. The molecule has 2 heterocycles. The molecule has 1 amide bonds. The molecule has 0 bridgehead atoms. The molecule has 36 heavy (non-hydrogen) atoms. The lowest BCUT2D eigenvalue weighted by Gasteiger charge is -2.18. The molecule has 0 aliphatic heterocycles. The summed E-state index contributed by atoms with van der Waals surface area (Å²) in [6.07, 6.45) is 3.48. The van der Waals surface area contributed by atoms with Crippen molar-refractivity contribution in [2.24, 2.45) is 5.92 Å². The minimum atomic E-state index is -1.11. The topological polar surface area (TPSA) is 138 Å². The number of nitrogens with one attached hydrogen (secondary N) is 2. The van der Waals surface area contributed by atoms with E-state index in [0.717, 1.165) is 5.69 Å². The number of nitrogens with zero attached hydrogens (tertiary/aromatic N) is 2. The van der Waals surface area contributed by atoms with Crippen LogP contribution in [0.5, 0.6) is 5.75 Å². The van der Waals surface area contributed by atoms with Crippen LogP contribution in [0.15, 0.2) is 64.3 Å². The van der Waals surface area contributed by atoms with Gasteiger partial charge in [-0.25, -0.2) is 4.79 Å². The number of aromatic amines is 1. The molecule has 186 valence electrons. The molecule has 10 heteroatoms. The summed E-state index contributed by atoms with van der Waals surface area (Å²) in [5.41, 5.74) is 1.91. The second-order valence-electron chi connectivity index (χ2n) is 8.61. The Labute approximate surface area is 206 Å². The minimum Gasteiger partial charge on any atom is -0.483 e. The molecule has 0 aliphatic carbocycles. The van der Waals surface area contributed by atoms with Crippen molar-refractivity contribution in [1.29, 1.82) is 0 Å². The Hall–Kier alpha value is -4.47. The number of carbonyl (C=O) groups excluding carboxylic acids is 1. The number of amides is 1. The van der Waals surface area contributed by atoms with Crippen LogP contribution in [0.25, 0.3) is 28.0 Å². The predicted molar refractivity (Wildman–Crippen MR) is 131 cm³/mol. The van der Waals surface area contributed by atoms with Crippen molar-refractivity contribution in [2.75, 3.05) is 6.61 Å². The van der Waals surface area contributed by atoms with Crippen LogP contribution in [0.1, 0.15) is 26.3 Å². The number of carboxylic acids is 1. The van der Waals surface area contributed by atoms with Crippen LogP contribution in [-0.2, 0) is 16.0 Å². The Morgan fingerprint density at radius 3 is 2.64 bits per heavy atom. The summed E-state index contributed by atoms with van der Waals surface area (Å²) >= 11 is 0. The summed E-state index contributed by atoms with van der Waals surface area (Å²) in [6, 6.07) is 11.7. The van der Waals surface area contributed by atoms with Crippen LogP contribution in [0.4, 0.5) is 0 Å². The molecule has 3 N–H and O–H groups in total. The van der Waals surface area contributed by atoms with Crippen LogP contribution in [-0.4, -0.2) is 39.8 Å². The zero-order chi connectivity index (χ0) is 25.8. The summed E-state index contributed by atoms with van der Waals surface area (Å²) < 4.78 is 13.2. The highest BCUT2D eigenvalue weighted by atomic mass is 16.5. The van der Waals surface area contributed by atoms with Crippen LogP contribution in [0, 0.1) is 5.92 Å². The van der Waals surface area contributed by atoms with E-state index in [-0.39, 0.29) is 18.0 Å². The van der Waals surface area contributed by atoms with Gasteiger partial charge in [-0.2, -0.15) is 4.57 Å². The first-order chi connectivity index (χ1) is 17.3. The number of hydrogen-bond donors (Lipinski definition) is 3. The molecular formula is C26H27N4O6+. The number of para-hydroxylation sites is 1. The molecule has 0 aliphatic rings. The zero-order valence-corrected chi connectivity index (χ0v) is 20.1. The average Bonchev–Trinajstić information content (AvgIpc) is 3.35. The van der Waals surface area contributed by atoms with E-state index in [1.165, 1.54) is 6.26 Å². The minimum absolute atomic E-state index is 0.245. The first-order valence-electron chi connectivity index (χ1n) is 11.5. The summed E-state index contributed by atoms with van der Waals surface area (Å²) in [4.78, 5) is 37.1. The summed E-state index contributed by atoms with van der Waals surface area (Å²) in [5.74, 6) is -1.09. The van der Waals surface area contributed by atoms with Crippen LogP contribution < -0.4 is 20.0 Å². The van der Waals surface area contributed by atoms with Crippen LogP contribution in [0.2, 0.25) is 0 Å². The SMILES string of the molecule is CCc1cc2c(=O)c(-c3[nH]nc[n+]3-c3ccccc3)coc2cc1OCC(=O)N[C@H](C(=O)O)C(C)C. The monoisotopic (exact) mass is 491 g/mol. The number of rotatable bonds is 9. The van der Waals surface area contributed by atoms with E-state index in [1.54, 1.807) is 36.9 Å². The fourth-order valence-electron chi connectivity index (χ4n) is 3.88. The Balaban J connectivity index is 1.63. The summed E-state index contributed by atoms with van der Waals surface area (Å²) in [5, 5.41) is 19.1. The van der Waals surface area contributed by atoms with Crippen molar-refractivity contribution >= 4 is 22.8 Å². The smallest absolute Gasteiger partial charge is 0.326 e. The normalized spacial score (nSPS) is 12.0. The van der Waals surface area contributed by atoms with Gasteiger partial charge in [0.05, 0.1) is 5.39 Å². The van der Waals surface area contributed by atoms with E-state index in [2.05, 4.69) is 15.5 Å². The standard InChI is InChI=1S/C26H26N4O6/c1-4-16-10-18-21(11-20(16)36-13-22(31)28-23(15(2)3)26(33)34)35-12-19(24(18)32)25-29-27-14-30(25)17-8-6-5-7-9-17/h5-12,14-15,23H,4,13H2,1-3H3,(H2,28,31,33,34)/p+1/t23-/m0/s1. The Bertz CT molecular complexity index is 1460. The van der Waals surface area contributed by atoms with Gasteiger partial charge in [-0.3, -0.25) is 9.59 Å². The first kappa shape index (κ1) is 24.6. The number of carbonyl (C=O) groups is 2. The zero-order valence-electron chi connectivity index (χ0n) is 20.1. The maximum atomic E-state index is 13.4. The Morgan fingerprint density at radius 1 is 1.22 bits per heavy atom. The van der Waals surface area contributed by atoms with E-state index >= 15 is 0 Å². The summed E-state index contributed by atoms with van der Waals surface area (Å²) in [6.45, 7) is 4.94. The second kappa shape index (κ2) is 10.4. The molecule has 0 saturated carbocycles.